The normalized spacial score (nSPS) is 15.6. The molecule has 3 nitrogen and oxygen atoms in total. The first-order chi connectivity index (χ1) is 11.1. The maximum Gasteiger partial charge on any atom is 0.237 e. The van der Waals surface area contributed by atoms with Gasteiger partial charge in [0.05, 0.1) is 5.25 Å². The predicted octanol–water partition coefficient (Wildman–Crippen LogP) is 4.28. The summed E-state index contributed by atoms with van der Waals surface area (Å²) in [6.45, 7) is 3.94. The fraction of sp³-hybridized carbons (Fsp3) is 0.333. The first-order valence-electron chi connectivity index (χ1n) is 7.89. The fourth-order valence-electron chi connectivity index (χ4n) is 2.69. The topological polar surface area (TPSA) is 32.3 Å². The first-order valence-corrected chi connectivity index (χ1v) is 9.17. The lowest BCUT2D eigenvalue weighted by Crippen LogP contribution is -2.29. The van der Waals surface area contributed by atoms with E-state index in [9.17, 15) is 4.79 Å². The Morgan fingerprint density at radius 3 is 2.61 bits per heavy atom. The SMILES string of the molecule is C[C@H](SC(=S)N1CCCC1)C(=O)Nc1ccc2ccccc2c1. The number of carbonyl (C=O) groups excluding carboxylic acids is 1. The summed E-state index contributed by atoms with van der Waals surface area (Å²) in [5.41, 5.74) is 0.827. The summed E-state index contributed by atoms with van der Waals surface area (Å²) in [6, 6.07) is 14.1. The number of nitrogens with zero attached hydrogens (tertiary/aromatic N) is 1. The van der Waals surface area contributed by atoms with Crippen molar-refractivity contribution in [3.63, 3.8) is 0 Å². The van der Waals surface area contributed by atoms with E-state index in [0.29, 0.717) is 0 Å². The van der Waals surface area contributed by atoms with Gasteiger partial charge in [-0.1, -0.05) is 54.3 Å². The Kier molecular flexibility index (Phi) is 5.18. The third kappa shape index (κ3) is 4.03. The molecule has 1 amide bonds. The lowest BCUT2D eigenvalue weighted by atomic mass is 10.1. The summed E-state index contributed by atoms with van der Waals surface area (Å²) in [5, 5.41) is 5.09. The number of anilines is 1. The van der Waals surface area contributed by atoms with Crippen LogP contribution in [-0.4, -0.2) is 33.5 Å². The van der Waals surface area contributed by atoms with Gasteiger partial charge in [-0.25, -0.2) is 0 Å². The smallest absolute Gasteiger partial charge is 0.237 e. The largest absolute Gasteiger partial charge is 0.358 e. The monoisotopic (exact) mass is 344 g/mol. The molecule has 2 aromatic carbocycles. The summed E-state index contributed by atoms with van der Waals surface area (Å²) >= 11 is 6.92. The molecule has 2 aromatic rings. The molecule has 1 heterocycles. The van der Waals surface area contributed by atoms with Crippen LogP contribution in [0.5, 0.6) is 0 Å². The second-order valence-corrected chi connectivity index (χ2v) is 7.75. The molecule has 0 spiro atoms. The molecule has 1 aliphatic heterocycles. The average Bonchev–Trinajstić information content (AvgIpc) is 3.09. The zero-order valence-corrected chi connectivity index (χ0v) is 14.8. The van der Waals surface area contributed by atoms with E-state index >= 15 is 0 Å². The van der Waals surface area contributed by atoms with Gasteiger partial charge in [0.15, 0.2) is 0 Å². The van der Waals surface area contributed by atoms with Gasteiger partial charge in [0, 0.05) is 18.8 Å². The van der Waals surface area contributed by atoms with E-state index in [1.54, 1.807) is 0 Å². The van der Waals surface area contributed by atoms with E-state index in [4.69, 9.17) is 12.2 Å². The molecule has 0 aliphatic carbocycles. The molecule has 0 saturated carbocycles. The molecule has 1 atom stereocenters. The van der Waals surface area contributed by atoms with Crippen molar-refractivity contribution in [2.75, 3.05) is 18.4 Å². The van der Waals surface area contributed by atoms with Gasteiger partial charge in [-0.2, -0.15) is 0 Å². The third-order valence-corrected chi connectivity index (χ3v) is 5.60. The molecule has 1 aliphatic rings. The van der Waals surface area contributed by atoms with Gasteiger partial charge < -0.3 is 10.2 Å². The van der Waals surface area contributed by atoms with Gasteiger partial charge in [-0.3, -0.25) is 4.79 Å². The van der Waals surface area contributed by atoms with Crippen LogP contribution in [0.2, 0.25) is 0 Å². The number of amides is 1. The Bertz CT molecular complexity index is 726. The number of thioether (sulfide) groups is 1. The maximum atomic E-state index is 12.4. The van der Waals surface area contributed by atoms with Crippen molar-refractivity contribution in [3.8, 4) is 0 Å². The highest BCUT2D eigenvalue weighted by molar-refractivity contribution is 8.23. The van der Waals surface area contributed by atoms with Crippen molar-refractivity contribution in [1.82, 2.24) is 4.90 Å². The lowest BCUT2D eigenvalue weighted by Gasteiger charge is -2.20. The minimum Gasteiger partial charge on any atom is -0.358 e. The molecule has 120 valence electrons. The van der Waals surface area contributed by atoms with Gasteiger partial charge in [-0.15, -0.1) is 0 Å². The summed E-state index contributed by atoms with van der Waals surface area (Å²) in [6.07, 6.45) is 2.39. The molecule has 23 heavy (non-hydrogen) atoms. The van der Waals surface area contributed by atoms with E-state index in [1.165, 1.54) is 30.0 Å². The third-order valence-electron chi connectivity index (χ3n) is 4.03. The van der Waals surface area contributed by atoms with Crippen molar-refractivity contribution < 1.29 is 4.79 Å². The number of fused-ring (bicyclic) bond motifs is 1. The Hall–Kier alpha value is -1.59. The average molecular weight is 345 g/mol. The molecular formula is C18H20N2OS2. The zero-order valence-electron chi connectivity index (χ0n) is 13.1. The highest BCUT2D eigenvalue weighted by atomic mass is 32.2. The second kappa shape index (κ2) is 7.32. The van der Waals surface area contributed by atoms with Crippen LogP contribution >= 0.6 is 24.0 Å². The molecule has 5 heteroatoms. The van der Waals surface area contributed by atoms with Gasteiger partial charge in [0.2, 0.25) is 5.91 Å². The number of likely N-dealkylation sites (tertiary alicyclic amines) is 1. The zero-order chi connectivity index (χ0) is 16.2. The molecule has 1 N–H and O–H groups in total. The second-order valence-electron chi connectivity index (χ2n) is 5.77. The number of thiocarbonyl (C=S) groups is 1. The van der Waals surface area contributed by atoms with E-state index in [2.05, 4.69) is 16.3 Å². The van der Waals surface area contributed by atoms with E-state index < -0.39 is 0 Å². The van der Waals surface area contributed by atoms with Gasteiger partial charge >= 0.3 is 0 Å². The Morgan fingerprint density at radius 1 is 1.17 bits per heavy atom. The quantitative estimate of drug-likeness (QED) is 0.842. The number of nitrogens with one attached hydrogen (secondary N) is 1. The van der Waals surface area contributed by atoms with Crippen LogP contribution in [-0.2, 0) is 4.79 Å². The predicted molar refractivity (Wildman–Crippen MR) is 103 cm³/mol. The van der Waals surface area contributed by atoms with Crippen molar-refractivity contribution >= 4 is 50.7 Å². The first kappa shape index (κ1) is 16.3. The number of rotatable bonds is 3. The van der Waals surface area contributed by atoms with Crippen molar-refractivity contribution in [2.24, 2.45) is 0 Å². The number of hydrogen-bond donors (Lipinski definition) is 1. The summed E-state index contributed by atoms with van der Waals surface area (Å²) < 4.78 is 0.837. The van der Waals surface area contributed by atoms with Crippen molar-refractivity contribution in [2.45, 2.75) is 25.0 Å². The molecule has 3 rings (SSSR count). The molecule has 0 bridgehead atoms. The summed E-state index contributed by atoms with van der Waals surface area (Å²) in [5.74, 6) is -0.00757. The van der Waals surface area contributed by atoms with E-state index in [1.807, 2.05) is 43.3 Å². The summed E-state index contributed by atoms with van der Waals surface area (Å²) in [4.78, 5) is 14.6. The van der Waals surface area contributed by atoms with E-state index in [0.717, 1.165) is 28.5 Å². The van der Waals surface area contributed by atoms with Crippen LogP contribution in [0.3, 0.4) is 0 Å². The minimum absolute atomic E-state index is 0.00757. The Labute approximate surface area is 146 Å². The molecule has 1 saturated heterocycles. The Balaban J connectivity index is 1.61. The van der Waals surface area contributed by atoms with Crippen LogP contribution in [0.4, 0.5) is 5.69 Å². The van der Waals surface area contributed by atoms with Crippen molar-refractivity contribution in [1.29, 1.82) is 0 Å². The van der Waals surface area contributed by atoms with Gasteiger partial charge in [-0.05, 0) is 42.7 Å². The van der Waals surface area contributed by atoms with Crippen molar-refractivity contribution in [3.05, 3.63) is 42.5 Å². The van der Waals surface area contributed by atoms with Crippen LogP contribution in [0.25, 0.3) is 10.8 Å². The lowest BCUT2D eigenvalue weighted by molar-refractivity contribution is -0.115. The molecular weight excluding hydrogens is 324 g/mol. The minimum atomic E-state index is -0.199. The molecule has 1 fully saturated rings. The van der Waals surface area contributed by atoms with E-state index in [-0.39, 0.29) is 11.2 Å². The van der Waals surface area contributed by atoms with Crippen LogP contribution in [0, 0.1) is 0 Å². The Morgan fingerprint density at radius 2 is 1.87 bits per heavy atom. The van der Waals surface area contributed by atoms with Crippen LogP contribution < -0.4 is 5.32 Å². The molecule has 0 radical (unpaired) electrons. The standard InChI is InChI=1S/C18H20N2OS2/c1-13(23-18(22)20-10-4-5-11-20)17(21)19-16-9-8-14-6-2-3-7-15(14)12-16/h2-3,6-9,12-13H,4-5,10-11H2,1H3,(H,19,21)/t13-/m0/s1. The number of carbonyl (C=O) groups is 1. The number of hydrogen-bond acceptors (Lipinski definition) is 3. The van der Waals surface area contributed by atoms with Crippen LogP contribution in [0.1, 0.15) is 19.8 Å². The fourth-order valence-corrected chi connectivity index (χ4v) is 4.11. The van der Waals surface area contributed by atoms with Gasteiger partial charge in [0.25, 0.3) is 0 Å². The highest BCUT2D eigenvalue weighted by Gasteiger charge is 2.21. The van der Waals surface area contributed by atoms with Gasteiger partial charge in [0.1, 0.15) is 4.32 Å². The maximum absolute atomic E-state index is 12.4. The summed E-state index contributed by atoms with van der Waals surface area (Å²) in [7, 11) is 0. The molecule has 0 unspecified atom stereocenters. The number of benzene rings is 2. The van der Waals surface area contributed by atoms with Crippen LogP contribution in [0.15, 0.2) is 42.5 Å². The molecule has 0 aromatic heterocycles. The highest BCUT2D eigenvalue weighted by Crippen LogP contribution is 2.23.